The molecule has 0 aliphatic heterocycles. The summed E-state index contributed by atoms with van der Waals surface area (Å²) < 4.78 is 6.11. The number of amides is 1. The van der Waals surface area contributed by atoms with Crippen LogP contribution in [0, 0.1) is 0 Å². The van der Waals surface area contributed by atoms with Gasteiger partial charge in [-0.25, -0.2) is 9.97 Å². The summed E-state index contributed by atoms with van der Waals surface area (Å²) in [6.45, 7) is 0. The molecule has 3 N–H and O–H groups in total. The van der Waals surface area contributed by atoms with Crippen molar-refractivity contribution in [3.05, 3.63) is 84.7 Å². The summed E-state index contributed by atoms with van der Waals surface area (Å²) >= 11 is 0. The van der Waals surface area contributed by atoms with Crippen molar-refractivity contribution in [1.29, 1.82) is 0 Å². The molecule has 0 unspecified atom stereocenters. The zero-order valence-corrected chi connectivity index (χ0v) is 15.3. The van der Waals surface area contributed by atoms with Crippen LogP contribution in [0.1, 0.15) is 10.4 Å². The predicted octanol–water partition coefficient (Wildman–Crippen LogP) is 4.89. The number of rotatable bonds is 4. The number of nitrogens with zero attached hydrogens (tertiary/aromatic N) is 2. The first-order valence-corrected chi connectivity index (χ1v) is 9.08. The van der Waals surface area contributed by atoms with Crippen molar-refractivity contribution < 1.29 is 9.21 Å². The van der Waals surface area contributed by atoms with E-state index in [-0.39, 0.29) is 0 Å². The summed E-state index contributed by atoms with van der Waals surface area (Å²) in [6, 6.07) is 22.8. The average molecular weight is 380 g/mol. The van der Waals surface area contributed by atoms with Crippen LogP contribution < -0.4 is 11.1 Å². The van der Waals surface area contributed by atoms with Crippen LogP contribution in [0.2, 0.25) is 0 Å². The second kappa shape index (κ2) is 6.76. The molecule has 2 heterocycles. The fourth-order valence-corrected chi connectivity index (χ4v) is 3.39. The zero-order chi connectivity index (χ0) is 19.8. The number of primary amides is 1. The molecule has 0 radical (unpaired) electrons. The minimum Gasteiger partial charge on any atom is -0.455 e. The second-order valence-corrected chi connectivity index (χ2v) is 6.64. The van der Waals surface area contributed by atoms with Crippen molar-refractivity contribution >= 4 is 39.4 Å². The number of carbonyl (C=O) groups is 1. The van der Waals surface area contributed by atoms with E-state index in [0.717, 1.165) is 38.9 Å². The third-order valence-corrected chi connectivity index (χ3v) is 4.79. The lowest BCUT2D eigenvalue weighted by Gasteiger charge is -2.08. The standard InChI is InChI=1S/C23H16N4O2/c24-23(28)14-8-10-15(11-9-14)27-21-12-19(25-13-26-21)18-6-3-5-17-16-4-1-2-7-20(16)29-22(17)18/h1-13H,(H2,24,28)(H,25,26,27). The van der Waals surface area contributed by atoms with Crippen molar-refractivity contribution in [2.45, 2.75) is 0 Å². The molecular weight excluding hydrogens is 364 g/mol. The predicted molar refractivity (Wildman–Crippen MR) is 113 cm³/mol. The van der Waals surface area contributed by atoms with Gasteiger partial charge in [-0.05, 0) is 36.4 Å². The lowest BCUT2D eigenvalue weighted by atomic mass is 10.1. The fraction of sp³-hybridized carbons (Fsp3) is 0. The highest BCUT2D eigenvalue weighted by atomic mass is 16.3. The topological polar surface area (TPSA) is 94.0 Å². The maximum absolute atomic E-state index is 11.2. The molecule has 6 nitrogen and oxygen atoms in total. The number of nitrogens with two attached hydrogens (primary N) is 1. The van der Waals surface area contributed by atoms with E-state index in [9.17, 15) is 4.79 Å². The van der Waals surface area contributed by atoms with Crippen molar-refractivity contribution in [1.82, 2.24) is 9.97 Å². The van der Waals surface area contributed by atoms with E-state index >= 15 is 0 Å². The number of para-hydroxylation sites is 2. The lowest BCUT2D eigenvalue weighted by molar-refractivity contribution is 0.100. The Morgan fingerprint density at radius 2 is 1.69 bits per heavy atom. The highest BCUT2D eigenvalue weighted by Crippen LogP contribution is 2.35. The fourth-order valence-electron chi connectivity index (χ4n) is 3.39. The van der Waals surface area contributed by atoms with Gasteiger partial charge in [-0.15, -0.1) is 0 Å². The number of anilines is 2. The van der Waals surface area contributed by atoms with Crippen LogP contribution in [0.5, 0.6) is 0 Å². The van der Waals surface area contributed by atoms with Gasteiger partial charge in [0.15, 0.2) is 0 Å². The highest BCUT2D eigenvalue weighted by Gasteiger charge is 2.13. The first-order chi connectivity index (χ1) is 14.2. The summed E-state index contributed by atoms with van der Waals surface area (Å²) in [5, 5.41) is 5.35. The molecule has 0 atom stereocenters. The number of hydrogen-bond donors (Lipinski definition) is 2. The Morgan fingerprint density at radius 1 is 0.897 bits per heavy atom. The van der Waals surface area contributed by atoms with Crippen LogP contribution in [0.25, 0.3) is 33.2 Å². The highest BCUT2D eigenvalue weighted by molar-refractivity contribution is 6.09. The number of furan rings is 1. The van der Waals surface area contributed by atoms with Crippen LogP contribution in [-0.2, 0) is 0 Å². The molecule has 0 saturated carbocycles. The van der Waals surface area contributed by atoms with Gasteiger partial charge in [0.05, 0.1) is 5.69 Å². The Morgan fingerprint density at radius 3 is 2.52 bits per heavy atom. The first kappa shape index (κ1) is 16.9. The molecule has 3 aromatic carbocycles. The van der Waals surface area contributed by atoms with E-state index in [1.165, 1.54) is 6.33 Å². The van der Waals surface area contributed by atoms with E-state index in [1.54, 1.807) is 24.3 Å². The first-order valence-electron chi connectivity index (χ1n) is 9.08. The van der Waals surface area contributed by atoms with E-state index in [1.807, 2.05) is 48.5 Å². The molecule has 5 rings (SSSR count). The van der Waals surface area contributed by atoms with Crippen LogP contribution in [0.4, 0.5) is 11.5 Å². The summed E-state index contributed by atoms with van der Waals surface area (Å²) in [7, 11) is 0. The molecule has 0 bridgehead atoms. The van der Waals surface area contributed by atoms with Gasteiger partial charge in [-0.2, -0.15) is 0 Å². The zero-order valence-electron chi connectivity index (χ0n) is 15.3. The minimum atomic E-state index is -0.459. The van der Waals surface area contributed by atoms with Crippen LogP contribution in [-0.4, -0.2) is 15.9 Å². The van der Waals surface area contributed by atoms with E-state index in [4.69, 9.17) is 10.2 Å². The van der Waals surface area contributed by atoms with Crippen LogP contribution in [0.15, 0.2) is 83.5 Å². The number of benzene rings is 3. The summed E-state index contributed by atoms with van der Waals surface area (Å²) in [5.74, 6) is 0.176. The van der Waals surface area contributed by atoms with E-state index < -0.39 is 5.91 Å². The monoisotopic (exact) mass is 380 g/mol. The van der Waals surface area contributed by atoms with E-state index in [0.29, 0.717) is 11.4 Å². The number of fused-ring (bicyclic) bond motifs is 3. The molecule has 29 heavy (non-hydrogen) atoms. The average Bonchev–Trinajstić information content (AvgIpc) is 3.13. The van der Waals surface area contributed by atoms with Gasteiger partial charge in [0.25, 0.3) is 0 Å². The maximum atomic E-state index is 11.2. The smallest absolute Gasteiger partial charge is 0.248 e. The quantitative estimate of drug-likeness (QED) is 0.463. The second-order valence-electron chi connectivity index (χ2n) is 6.64. The number of nitrogens with one attached hydrogen (secondary N) is 1. The summed E-state index contributed by atoms with van der Waals surface area (Å²) in [6.07, 6.45) is 1.51. The molecule has 5 aromatic rings. The number of aromatic nitrogens is 2. The molecule has 0 fully saturated rings. The van der Waals surface area contributed by atoms with Crippen molar-refractivity contribution in [3.63, 3.8) is 0 Å². The Kier molecular flexibility index (Phi) is 3.95. The Bertz CT molecular complexity index is 1360. The Balaban J connectivity index is 1.53. The van der Waals surface area contributed by atoms with Gasteiger partial charge in [-0.3, -0.25) is 4.79 Å². The van der Waals surface area contributed by atoms with Gasteiger partial charge >= 0.3 is 0 Å². The molecule has 140 valence electrons. The van der Waals surface area contributed by atoms with Gasteiger partial charge < -0.3 is 15.5 Å². The lowest BCUT2D eigenvalue weighted by Crippen LogP contribution is -2.10. The van der Waals surface area contributed by atoms with Crippen molar-refractivity contribution in [2.75, 3.05) is 5.32 Å². The Hall–Kier alpha value is -4.19. The molecule has 0 aliphatic rings. The molecule has 2 aromatic heterocycles. The van der Waals surface area contributed by atoms with Crippen LogP contribution >= 0.6 is 0 Å². The van der Waals surface area contributed by atoms with Gasteiger partial charge in [0.1, 0.15) is 23.3 Å². The van der Waals surface area contributed by atoms with E-state index in [2.05, 4.69) is 15.3 Å². The number of hydrogen-bond acceptors (Lipinski definition) is 5. The molecular formula is C23H16N4O2. The van der Waals surface area contributed by atoms with Crippen LogP contribution in [0.3, 0.4) is 0 Å². The SMILES string of the molecule is NC(=O)c1ccc(Nc2cc(-c3cccc4c3oc3ccccc34)ncn2)cc1. The largest absolute Gasteiger partial charge is 0.455 e. The molecule has 0 saturated heterocycles. The van der Waals surface area contributed by atoms with Gasteiger partial charge in [0.2, 0.25) is 5.91 Å². The molecule has 0 spiro atoms. The summed E-state index contributed by atoms with van der Waals surface area (Å²) in [5.41, 5.74) is 9.82. The van der Waals surface area contributed by atoms with Gasteiger partial charge in [-0.1, -0.05) is 30.3 Å². The molecule has 0 aliphatic carbocycles. The minimum absolute atomic E-state index is 0.454. The Labute approximate surface area is 166 Å². The van der Waals surface area contributed by atoms with Crippen molar-refractivity contribution in [3.8, 4) is 11.3 Å². The maximum Gasteiger partial charge on any atom is 0.248 e. The van der Waals surface area contributed by atoms with Gasteiger partial charge in [0, 0.05) is 33.7 Å². The normalized spacial score (nSPS) is 11.0. The third kappa shape index (κ3) is 3.06. The summed E-state index contributed by atoms with van der Waals surface area (Å²) in [4.78, 5) is 19.9. The number of carbonyl (C=O) groups excluding carboxylic acids is 1. The van der Waals surface area contributed by atoms with Crippen molar-refractivity contribution in [2.24, 2.45) is 5.73 Å². The molecule has 1 amide bonds. The molecule has 6 heteroatoms. The third-order valence-electron chi connectivity index (χ3n) is 4.79.